The first-order chi connectivity index (χ1) is 14.6. The van der Waals surface area contributed by atoms with Crippen LogP contribution in [-0.4, -0.2) is 42.4 Å². The van der Waals surface area contributed by atoms with Gasteiger partial charge in [-0.05, 0) is 25.3 Å². The number of pyridine rings is 1. The highest BCUT2D eigenvalue weighted by Gasteiger charge is 2.20. The van der Waals surface area contributed by atoms with E-state index in [4.69, 9.17) is 4.74 Å². The van der Waals surface area contributed by atoms with E-state index in [0.717, 1.165) is 60.4 Å². The maximum Gasteiger partial charge on any atom is 0.216 e. The Morgan fingerprint density at radius 3 is 2.67 bits per heavy atom. The second-order valence-electron chi connectivity index (χ2n) is 7.45. The molecule has 1 fully saturated rings. The van der Waals surface area contributed by atoms with Crippen molar-refractivity contribution in [1.29, 1.82) is 0 Å². The van der Waals surface area contributed by atoms with E-state index in [1.54, 1.807) is 12.4 Å². The largest absolute Gasteiger partial charge is 0.381 e. The molecule has 0 radical (unpaired) electrons. The molecule has 4 rings (SSSR count). The average Bonchev–Trinajstić information content (AvgIpc) is 3.18. The van der Waals surface area contributed by atoms with Crippen molar-refractivity contribution in [1.82, 2.24) is 19.5 Å². The molecule has 0 saturated carbocycles. The lowest BCUT2D eigenvalue weighted by Crippen LogP contribution is -2.29. The van der Waals surface area contributed by atoms with Crippen LogP contribution >= 0.6 is 0 Å². The quantitative estimate of drug-likeness (QED) is 0.571. The molecule has 1 aliphatic rings. The zero-order valence-electron chi connectivity index (χ0n) is 17.0. The molecule has 30 heavy (non-hydrogen) atoms. The first kappa shape index (κ1) is 20.8. The molecule has 1 saturated heterocycles. The third kappa shape index (κ3) is 4.80. The number of sulfonamides is 1. The molecule has 1 aliphatic heterocycles. The van der Waals surface area contributed by atoms with E-state index in [9.17, 15) is 8.42 Å². The van der Waals surface area contributed by atoms with Crippen molar-refractivity contribution < 1.29 is 13.2 Å². The number of nitrogens with zero attached hydrogens (tertiary/aromatic N) is 3. The number of ether oxygens (including phenoxy) is 1. The lowest BCUT2D eigenvalue weighted by molar-refractivity contribution is 0.0904. The van der Waals surface area contributed by atoms with Crippen molar-refractivity contribution in [3.8, 4) is 0 Å². The van der Waals surface area contributed by atoms with Crippen molar-refractivity contribution in [2.24, 2.45) is 0 Å². The number of anilines is 1. The van der Waals surface area contributed by atoms with Gasteiger partial charge >= 0.3 is 0 Å². The van der Waals surface area contributed by atoms with Crippen LogP contribution in [0.1, 0.15) is 30.9 Å². The Balaban J connectivity index is 1.58. The van der Waals surface area contributed by atoms with Crippen molar-refractivity contribution in [2.45, 2.75) is 44.6 Å². The zero-order valence-corrected chi connectivity index (χ0v) is 17.9. The fourth-order valence-corrected chi connectivity index (χ4v) is 4.79. The summed E-state index contributed by atoms with van der Waals surface area (Å²) in [4.78, 5) is 4.55. The van der Waals surface area contributed by atoms with Gasteiger partial charge in [-0.3, -0.25) is 0 Å². The highest BCUT2D eigenvalue weighted by molar-refractivity contribution is 7.88. The highest BCUT2D eigenvalue weighted by atomic mass is 32.2. The van der Waals surface area contributed by atoms with E-state index in [2.05, 4.69) is 20.1 Å². The molecule has 9 heteroatoms. The Labute approximate surface area is 176 Å². The molecular weight excluding hydrogens is 402 g/mol. The third-order valence-electron chi connectivity index (χ3n) is 5.30. The maximum absolute atomic E-state index is 12.6. The van der Waals surface area contributed by atoms with Gasteiger partial charge in [0.2, 0.25) is 10.0 Å². The summed E-state index contributed by atoms with van der Waals surface area (Å²) < 4.78 is 35.2. The molecule has 160 valence electrons. The predicted octanol–water partition coefficient (Wildman–Crippen LogP) is 2.66. The standard InChI is InChI=1S/C21H27N5O3S/c1-2-26-21-19(14-23-26)20(25-18-8-10-29-11-9-18)17(12-22-21)13-24-30(27,28)15-16-6-4-3-5-7-16/h3-7,12,14,18,24H,2,8-11,13,15H2,1H3,(H,22,25). The van der Waals surface area contributed by atoms with Crippen LogP contribution in [0.15, 0.2) is 42.7 Å². The van der Waals surface area contributed by atoms with Crippen LogP contribution in [0.25, 0.3) is 11.0 Å². The van der Waals surface area contributed by atoms with Crippen molar-refractivity contribution in [3.63, 3.8) is 0 Å². The molecule has 0 spiro atoms. The minimum absolute atomic E-state index is 0.0555. The number of aromatic nitrogens is 3. The molecule has 0 unspecified atom stereocenters. The van der Waals surface area contributed by atoms with Gasteiger partial charge in [-0.25, -0.2) is 22.8 Å². The van der Waals surface area contributed by atoms with E-state index in [-0.39, 0.29) is 18.3 Å². The van der Waals surface area contributed by atoms with Gasteiger partial charge in [-0.1, -0.05) is 30.3 Å². The number of aryl methyl sites for hydroxylation is 1. The minimum Gasteiger partial charge on any atom is -0.381 e. The fraction of sp³-hybridized carbons (Fsp3) is 0.429. The lowest BCUT2D eigenvalue weighted by atomic mass is 10.1. The maximum atomic E-state index is 12.6. The zero-order chi connectivity index (χ0) is 21.0. The van der Waals surface area contributed by atoms with Crippen LogP contribution in [0.3, 0.4) is 0 Å². The Kier molecular flexibility index (Phi) is 6.31. The summed E-state index contributed by atoms with van der Waals surface area (Å²) in [6, 6.07) is 9.44. The molecule has 3 heterocycles. The van der Waals surface area contributed by atoms with Gasteiger partial charge in [0.15, 0.2) is 5.65 Å². The number of rotatable bonds is 8. The molecule has 1 aromatic carbocycles. The molecule has 0 aliphatic carbocycles. The SMILES string of the molecule is CCn1ncc2c(NC3CCOCC3)c(CNS(=O)(=O)Cc3ccccc3)cnc21. The Morgan fingerprint density at radius 2 is 1.93 bits per heavy atom. The molecule has 3 aromatic rings. The summed E-state index contributed by atoms with van der Waals surface area (Å²) in [5, 5.41) is 8.94. The van der Waals surface area contributed by atoms with Crippen LogP contribution in [0, 0.1) is 0 Å². The predicted molar refractivity (Wildman–Crippen MR) is 117 cm³/mol. The second kappa shape index (κ2) is 9.11. The van der Waals surface area contributed by atoms with Gasteiger partial charge in [0.25, 0.3) is 0 Å². The number of fused-ring (bicyclic) bond motifs is 1. The van der Waals surface area contributed by atoms with Crippen LogP contribution in [0.4, 0.5) is 5.69 Å². The summed E-state index contributed by atoms with van der Waals surface area (Å²) >= 11 is 0. The number of hydrogen-bond donors (Lipinski definition) is 2. The van der Waals surface area contributed by atoms with Crippen LogP contribution in [0.5, 0.6) is 0 Å². The molecule has 0 amide bonds. The van der Waals surface area contributed by atoms with E-state index >= 15 is 0 Å². The Morgan fingerprint density at radius 1 is 1.17 bits per heavy atom. The normalized spacial score (nSPS) is 15.5. The van der Waals surface area contributed by atoms with Crippen LogP contribution in [-0.2, 0) is 33.6 Å². The summed E-state index contributed by atoms with van der Waals surface area (Å²) in [5.74, 6) is -0.0555. The average molecular weight is 430 g/mol. The second-order valence-corrected chi connectivity index (χ2v) is 9.26. The smallest absolute Gasteiger partial charge is 0.216 e. The van der Waals surface area contributed by atoms with Gasteiger partial charge in [0.05, 0.1) is 23.0 Å². The molecule has 0 atom stereocenters. The molecule has 8 nitrogen and oxygen atoms in total. The van der Waals surface area contributed by atoms with Crippen LogP contribution in [0.2, 0.25) is 0 Å². The van der Waals surface area contributed by atoms with Gasteiger partial charge in [0, 0.05) is 44.1 Å². The minimum atomic E-state index is -3.48. The van der Waals surface area contributed by atoms with E-state index in [1.165, 1.54) is 0 Å². The summed E-state index contributed by atoms with van der Waals surface area (Å²) in [5.41, 5.74) is 3.25. The van der Waals surface area contributed by atoms with Crippen molar-refractivity contribution >= 4 is 26.7 Å². The third-order valence-corrected chi connectivity index (χ3v) is 6.59. The Hall–Kier alpha value is -2.49. The van der Waals surface area contributed by atoms with Crippen LogP contribution < -0.4 is 10.0 Å². The van der Waals surface area contributed by atoms with E-state index in [1.807, 2.05) is 41.9 Å². The monoisotopic (exact) mass is 429 g/mol. The topological polar surface area (TPSA) is 98.1 Å². The summed E-state index contributed by atoms with van der Waals surface area (Å²) in [6.07, 6.45) is 5.36. The molecule has 2 aromatic heterocycles. The number of benzene rings is 1. The van der Waals surface area contributed by atoms with Crippen molar-refractivity contribution in [2.75, 3.05) is 18.5 Å². The molecule has 0 bridgehead atoms. The van der Waals surface area contributed by atoms with Gasteiger partial charge in [0.1, 0.15) is 0 Å². The number of nitrogens with one attached hydrogen (secondary N) is 2. The Bertz CT molecular complexity index is 1090. The van der Waals surface area contributed by atoms with E-state index < -0.39 is 10.0 Å². The van der Waals surface area contributed by atoms with Gasteiger partial charge in [-0.15, -0.1) is 0 Å². The lowest BCUT2D eigenvalue weighted by Gasteiger charge is -2.25. The summed E-state index contributed by atoms with van der Waals surface area (Å²) in [6.45, 7) is 4.35. The fourth-order valence-electron chi connectivity index (χ4n) is 3.68. The van der Waals surface area contributed by atoms with E-state index in [0.29, 0.717) is 0 Å². The number of hydrogen-bond acceptors (Lipinski definition) is 6. The molecule has 2 N–H and O–H groups in total. The first-order valence-electron chi connectivity index (χ1n) is 10.2. The van der Waals surface area contributed by atoms with Crippen molar-refractivity contribution in [3.05, 3.63) is 53.9 Å². The highest BCUT2D eigenvalue weighted by Crippen LogP contribution is 2.28. The first-order valence-corrected chi connectivity index (χ1v) is 11.9. The van der Waals surface area contributed by atoms with Gasteiger partial charge in [-0.2, -0.15) is 5.10 Å². The van der Waals surface area contributed by atoms with Gasteiger partial charge < -0.3 is 10.1 Å². The molecular formula is C21H27N5O3S. The summed E-state index contributed by atoms with van der Waals surface area (Å²) in [7, 11) is -3.48.